The van der Waals surface area contributed by atoms with E-state index in [1.165, 1.54) is 0 Å². The minimum absolute atomic E-state index is 0.259. The van der Waals surface area contributed by atoms with E-state index in [9.17, 15) is 4.79 Å². The van der Waals surface area contributed by atoms with Crippen LogP contribution in [0, 0.1) is 0 Å². The molecule has 0 aliphatic rings. The molecule has 0 radical (unpaired) electrons. The number of benzene rings is 1. The van der Waals surface area contributed by atoms with E-state index in [0.717, 1.165) is 23.0 Å². The molecule has 1 amide bonds. The summed E-state index contributed by atoms with van der Waals surface area (Å²) in [5.41, 5.74) is 2.16. The number of pyridine rings is 1. The Kier molecular flexibility index (Phi) is 3.16. The predicted molar refractivity (Wildman–Crippen MR) is 77.7 cm³/mol. The maximum atomic E-state index is 12.1. The number of hydrogen-bond donors (Lipinski definition) is 2. The first-order valence-corrected chi connectivity index (χ1v) is 6.47. The topological polar surface area (TPSA) is 70.7 Å². The van der Waals surface area contributed by atoms with Gasteiger partial charge in [0.2, 0.25) is 0 Å². The van der Waals surface area contributed by atoms with Crippen molar-refractivity contribution in [1.82, 2.24) is 15.2 Å². The fourth-order valence-electron chi connectivity index (χ4n) is 1.98. The normalized spacial score (nSPS) is 10.7. The van der Waals surface area contributed by atoms with Crippen LogP contribution in [-0.2, 0) is 6.42 Å². The van der Waals surface area contributed by atoms with E-state index in [1.807, 2.05) is 43.3 Å². The smallest absolute Gasteiger partial charge is 0.275 e. The average Bonchev–Trinajstić information content (AvgIpc) is 2.94. The molecule has 3 aromatic rings. The van der Waals surface area contributed by atoms with Gasteiger partial charge in [-0.05, 0) is 18.6 Å². The van der Waals surface area contributed by atoms with Crippen LogP contribution in [0.1, 0.15) is 23.1 Å². The zero-order valence-electron chi connectivity index (χ0n) is 11.1. The second-order valence-corrected chi connectivity index (χ2v) is 4.48. The highest BCUT2D eigenvalue weighted by Gasteiger charge is 2.10. The Hall–Kier alpha value is -2.69. The Labute approximate surface area is 116 Å². The molecule has 0 fully saturated rings. The minimum Gasteiger partial charge on any atom is -0.304 e. The van der Waals surface area contributed by atoms with Gasteiger partial charge in [0.15, 0.2) is 5.82 Å². The van der Waals surface area contributed by atoms with Crippen molar-refractivity contribution < 1.29 is 4.79 Å². The van der Waals surface area contributed by atoms with E-state index in [4.69, 9.17) is 0 Å². The lowest BCUT2D eigenvalue weighted by molar-refractivity contribution is 0.102. The molecule has 0 unspecified atom stereocenters. The van der Waals surface area contributed by atoms with Gasteiger partial charge in [-0.15, -0.1) is 0 Å². The summed E-state index contributed by atoms with van der Waals surface area (Å²) in [6.45, 7) is 2.02. The number of hydrogen-bond acceptors (Lipinski definition) is 3. The Morgan fingerprint density at radius 2 is 2.10 bits per heavy atom. The third-order valence-corrected chi connectivity index (χ3v) is 3.08. The SMILES string of the molecule is CCc1cc(NC(=O)c2ccc3ccccc3n2)n[nH]1. The lowest BCUT2D eigenvalue weighted by Gasteiger charge is -2.02. The molecule has 3 rings (SSSR count). The maximum absolute atomic E-state index is 12.1. The number of H-pyrrole nitrogens is 1. The largest absolute Gasteiger partial charge is 0.304 e. The van der Waals surface area contributed by atoms with Crippen molar-refractivity contribution in [3.8, 4) is 0 Å². The Bertz CT molecular complexity index is 763. The van der Waals surface area contributed by atoms with Crippen molar-refractivity contribution in [3.63, 3.8) is 0 Å². The maximum Gasteiger partial charge on any atom is 0.275 e. The number of nitrogens with zero attached hydrogens (tertiary/aromatic N) is 2. The molecule has 0 aliphatic heterocycles. The molecule has 0 aliphatic carbocycles. The third kappa shape index (κ3) is 2.38. The van der Waals surface area contributed by atoms with Crippen LogP contribution in [-0.4, -0.2) is 21.1 Å². The van der Waals surface area contributed by atoms with Gasteiger partial charge in [0.1, 0.15) is 5.69 Å². The van der Waals surface area contributed by atoms with Gasteiger partial charge < -0.3 is 5.32 Å². The van der Waals surface area contributed by atoms with Crippen LogP contribution in [0.4, 0.5) is 5.82 Å². The number of para-hydroxylation sites is 1. The Morgan fingerprint density at radius 3 is 2.90 bits per heavy atom. The van der Waals surface area contributed by atoms with Crippen LogP contribution in [0.25, 0.3) is 10.9 Å². The van der Waals surface area contributed by atoms with Gasteiger partial charge >= 0.3 is 0 Å². The van der Waals surface area contributed by atoms with Crippen molar-refractivity contribution in [1.29, 1.82) is 0 Å². The number of aromatic amines is 1. The van der Waals surface area contributed by atoms with E-state index < -0.39 is 0 Å². The quantitative estimate of drug-likeness (QED) is 0.765. The van der Waals surface area contributed by atoms with E-state index in [-0.39, 0.29) is 5.91 Å². The second-order valence-electron chi connectivity index (χ2n) is 4.48. The van der Waals surface area contributed by atoms with E-state index >= 15 is 0 Å². The number of aromatic nitrogens is 3. The van der Waals surface area contributed by atoms with Crippen LogP contribution in [0.5, 0.6) is 0 Å². The summed E-state index contributed by atoms with van der Waals surface area (Å²) >= 11 is 0. The summed E-state index contributed by atoms with van der Waals surface area (Å²) in [6.07, 6.45) is 0.844. The monoisotopic (exact) mass is 266 g/mol. The fourth-order valence-corrected chi connectivity index (χ4v) is 1.98. The Balaban J connectivity index is 1.84. The van der Waals surface area contributed by atoms with Gasteiger partial charge in [0, 0.05) is 17.1 Å². The van der Waals surface area contributed by atoms with Gasteiger partial charge in [-0.2, -0.15) is 5.10 Å². The number of carbonyl (C=O) groups is 1. The summed E-state index contributed by atoms with van der Waals surface area (Å²) in [5, 5.41) is 10.6. The number of rotatable bonds is 3. The molecule has 20 heavy (non-hydrogen) atoms. The summed E-state index contributed by atoms with van der Waals surface area (Å²) in [7, 11) is 0. The summed E-state index contributed by atoms with van der Waals surface area (Å²) in [6, 6.07) is 13.1. The molecule has 5 nitrogen and oxygen atoms in total. The number of fused-ring (bicyclic) bond motifs is 1. The zero-order valence-corrected chi connectivity index (χ0v) is 11.1. The first-order chi connectivity index (χ1) is 9.76. The number of amides is 1. The lowest BCUT2D eigenvalue weighted by atomic mass is 10.2. The van der Waals surface area contributed by atoms with Crippen LogP contribution in [0.15, 0.2) is 42.5 Å². The second kappa shape index (κ2) is 5.13. The molecule has 0 spiro atoms. The number of aryl methyl sites for hydroxylation is 1. The summed E-state index contributed by atoms with van der Waals surface area (Å²) in [5.74, 6) is 0.256. The lowest BCUT2D eigenvalue weighted by Crippen LogP contribution is -2.13. The standard InChI is InChI=1S/C15H14N4O/c1-2-11-9-14(19-18-11)17-15(20)13-8-7-10-5-3-4-6-12(10)16-13/h3-9H,2H2,1H3,(H2,17,18,19,20). The van der Waals surface area contributed by atoms with Crippen LogP contribution < -0.4 is 5.32 Å². The molecule has 5 heteroatoms. The van der Waals surface area contributed by atoms with E-state index in [1.54, 1.807) is 6.07 Å². The molecule has 0 bridgehead atoms. The number of nitrogens with one attached hydrogen (secondary N) is 2. The van der Waals surface area contributed by atoms with Crippen molar-refractivity contribution in [3.05, 3.63) is 53.9 Å². The minimum atomic E-state index is -0.259. The molecule has 0 atom stereocenters. The highest BCUT2D eigenvalue weighted by Crippen LogP contribution is 2.13. The highest BCUT2D eigenvalue weighted by atomic mass is 16.1. The van der Waals surface area contributed by atoms with Crippen molar-refractivity contribution in [2.24, 2.45) is 0 Å². The van der Waals surface area contributed by atoms with Crippen molar-refractivity contribution in [2.75, 3.05) is 5.32 Å². The molecule has 1 aromatic carbocycles. The molecular formula is C15H14N4O. The van der Waals surface area contributed by atoms with E-state index in [2.05, 4.69) is 20.5 Å². The molecule has 2 heterocycles. The average molecular weight is 266 g/mol. The first-order valence-electron chi connectivity index (χ1n) is 6.47. The van der Waals surface area contributed by atoms with E-state index in [0.29, 0.717) is 11.5 Å². The van der Waals surface area contributed by atoms with Gasteiger partial charge in [0.05, 0.1) is 5.52 Å². The van der Waals surface area contributed by atoms with Gasteiger partial charge in [-0.25, -0.2) is 4.98 Å². The first kappa shape index (κ1) is 12.3. The Morgan fingerprint density at radius 1 is 1.25 bits per heavy atom. The molecular weight excluding hydrogens is 252 g/mol. The van der Waals surface area contributed by atoms with Crippen LogP contribution in [0.3, 0.4) is 0 Å². The molecule has 0 saturated heterocycles. The molecule has 2 aromatic heterocycles. The zero-order chi connectivity index (χ0) is 13.9. The fraction of sp³-hybridized carbons (Fsp3) is 0.133. The molecule has 2 N–H and O–H groups in total. The van der Waals surface area contributed by atoms with Crippen molar-refractivity contribution >= 4 is 22.6 Å². The molecule has 0 saturated carbocycles. The third-order valence-electron chi connectivity index (χ3n) is 3.08. The summed E-state index contributed by atoms with van der Waals surface area (Å²) < 4.78 is 0. The van der Waals surface area contributed by atoms with Crippen LogP contribution >= 0.6 is 0 Å². The van der Waals surface area contributed by atoms with Crippen molar-refractivity contribution in [2.45, 2.75) is 13.3 Å². The highest BCUT2D eigenvalue weighted by molar-refractivity contribution is 6.03. The van der Waals surface area contributed by atoms with Gasteiger partial charge in [0.25, 0.3) is 5.91 Å². The van der Waals surface area contributed by atoms with Gasteiger partial charge in [-0.1, -0.05) is 31.2 Å². The van der Waals surface area contributed by atoms with Crippen LogP contribution in [0.2, 0.25) is 0 Å². The number of carbonyl (C=O) groups excluding carboxylic acids is 1. The molecule has 100 valence electrons. The summed E-state index contributed by atoms with van der Waals surface area (Å²) in [4.78, 5) is 16.5. The van der Waals surface area contributed by atoms with Gasteiger partial charge in [-0.3, -0.25) is 9.89 Å². The predicted octanol–water partition coefficient (Wildman–Crippen LogP) is 2.77. The number of anilines is 1.